The highest BCUT2D eigenvalue weighted by Gasteiger charge is 2.10. The molecule has 0 N–H and O–H groups in total. The first-order chi connectivity index (χ1) is 4.72. The van der Waals surface area contributed by atoms with E-state index in [-0.39, 0.29) is 0 Å². The summed E-state index contributed by atoms with van der Waals surface area (Å²) in [4.78, 5) is 2.08. The van der Waals surface area contributed by atoms with Gasteiger partial charge in [-0.1, -0.05) is 13.8 Å². The molecule has 1 aliphatic rings. The summed E-state index contributed by atoms with van der Waals surface area (Å²) in [5, 5.41) is 0. The summed E-state index contributed by atoms with van der Waals surface area (Å²) < 4.78 is 5.18. The molecule has 0 aromatic rings. The fourth-order valence-corrected chi connectivity index (χ4v) is 0.664. The van der Waals surface area contributed by atoms with Crippen molar-refractivity contribution in [1.29, 1.82) is 0 Å². The van der Waals surface area contributed by atoms with E-state index in [9.17, 15) is 0 Å². The molecule has 0 aromatic heterocycles. The lowest BCUT2D eigenvalue weighted by atomic mass is 10.4. The lowest BCUT2D eigenvalue weighted by Gasteiger charge is -2.07. The monoisotopic (exact) mass is 143 g/mol. The van der Waals surface area contributed by atoms with E-state index in [1.165, 1.54) is 5.70 Å². The van der Waals surface area contributed by atoms with Gasteiger partial charge in [0, 0.05) is 7.05 Å². The second-order valence-corrected chi connectivity index (χ2v) is 2.11. The van der Waals surface area contributed by atoms with Gasteiger partial charge in [0.25, 0.3) is 0 Å². The Morgan fingerprint density at radius 2 is 1.80 bits per heavy atom. The van der Waals surface area contributed by atoms with Gasteiger partial charge in [0.1, 0.15) is 5.76 Å². The van der Waals surface area contributed by atoms with E-state index >= 15 is 0 Å². The zero-order chi connectivity index (χ0) is 8.15. The van der Waals surface area contributed by atoms with Gasteiger partial charge in [-0.25, -0.2) is 0 Å². The number of rotatable bonds is 0. The van der Waals surface area contributed by atoms with Crippen LogP contribution in [-0.2, 0) is 4.74 Å². The maximum atomic E-state index is 5.18. The van der Waals surface area contributed by atoms with Crippen molar-refractivity contribution in [3.63, 3.8) is 0 Å². The largest absolute Gasteiger partial charge is 0.476 e. The van der Waals surface area contributed by atoms with E-state index in [0.29, 0.717) is 0 Å². The second-order valence-electron chi connectivity index (χ2n) is 2.11. The van der Waals surface area contributed by atoms with Crippen molar-refractivity contribution >= 4 is 0 Å². The molecule has 0 spiro atoms. The zero-order valence-electron chi connectivity index (χ0n) is 7.56. The lowest BCUT2D eigenvalue weighted by molar-refractivity contribution is 0.168. The quantitative estimate of drug-likeness (QED) is 0.515. The summed E-state index contributed by atoms with van der Waals surface area (Å²) in [6, 6.07) is 0. The molecule has 2 nitrogen and oxygen atoms in total. The molecule has 1 heterocycles. The zero-order valence-corrected chi connectivity index (χ0v) is 7.56. The summed E-state index contributed by atoms with van der Waals surface area (Å²) >= 11 is 0. The average molecular weight is 143 g/mol. The smallest absolute Gasteiger partial charge is 0.160 e. The van der Waals surface area contributed by atoms with Crippen molar-refractivity contribution in [2.24, 2.45) is 0 Å². The Bertz CT molecular complexity index is 129. The Kier molecular flexibility index (Phi) is 3.93. The predicted octanol–water partition coefficient (Wildman–Crippen LogP) is 2.18. The van der Waals surface area contributed by atoms with E-state index in [1.807, 2.05) is 27.8 Å². The first kappa shape index (κ1) is 9.34. The number of ether oxygens (including phenoxy) is 1. The van der Waals surface area contributed by atoms with Gasteiger partial charge in [0.05, 0.1) is 5.70 Å². The van der Waals surface area contributed by atoms with Crippen LogP contribution in [0.25, 0.3) is 0 Å². The van der Waals surface area contributed by atoms with E-state index in [1.54, 1.807) is 0 Å². The van der Waals surface area contributed by atoms with Crippen LogP contribution < -0.4 is 0 Å². The average Bonchev–Trinajstić information content (AvgIpc) is 2.25. The Labute approximate surface area is 63.5 Å². The molecule has 60 valence electrons. The molecule has 0 saturated carbocycles. The first-order valence-electron chi connectivity index (χ1n) is 3.73. The van der Waals surface area contributed by atoms with Crippen LogP contribution in [-0.4, -0.2) is 18.7 Å². The van der Waals surface area contributed by atoms with Gasteiger partial charge in [-0.3, -0.25) is 0 Å². The molecule has 0 saturated heterocycles. The maximum absolute atomic E-state index is 5.18. The molecule has 2 heteroatoms. The summed E-state index contributed by atoms with van der Waals surface area (Å²) in [6.07, 6.45) is 0. The third kappa shape index (κ3) is 1.94. The molecule has 0 radical (unpaired) electrons. The number of hydrogen-bond donors (Lipinski definition) is 0. The SMILES string of the molecule is CC.CC1=C(C)N(C)CO1. The molecule has 0 bridgehead atoms. The normalized spacial score (nSPS) is 16.3. The van der Waals surface area contributed by atoms with Crippen LogP contribution in [0.3, 0.4) is 0 Å². The van der Waals surface area contributed by atoms with E-state index in [0.717, 1.165) is 12.5 Å². The Morgan fingerprint density at radius 1 is 1.30 bits per heavy atom. The molecule has 0 unspecified atom stereocenters. The minimum atomic E-state index is 0.720. The van der Waals surface area contributed by atoms with Gasteiger partial charge in [-0.05, 0) is 13.8 Å². The summed E-state index contributed by atoms with van der Waals surface area (Å²) in [5.74, 6) is 1.05. The molecule has 0 aromatic carbocycles. The van der Waals surface area contributed by atoms with Gasteiger partial charge in [0.2, 0.25) is 0 Å². The first-order valence-corrected chi connectivity index (χ1v) is 3.73. The van der Waals surface area contributed by atoms with Crippen LogP contribution in [0.2, 0.25) is 0 Å². The lowest BCUT2D eigenvalue weighted by Crippen LogP contribution is -2.10. The minimum absolute atomic E-state index is 0.720. The summed E-state index contributed by atoms with van der Waals surface area (Å²) in [5.41, 5.74) is 1.24. The van der Waals surface area contributed by atoms with E-state index < -0.39 is 0 Å². The Hall–Kier alpha value is -0.660. The highest BCUT2D eigenvalue weighted by atomic mass is 16.5. The van der Waals surface area contributed by atoms with Crippen molar-refractivity contribution in [3.05, 3.63) is 11.5 Å². The van der Waals surface area contributed by atoms with Crippen LogP contribution in [0.4, 0.5) is 0 Å². The fraction of sp³-hybridized carbons (Fsp3) is 0.750. The van der Waals surface area contributed by atoms with Gasteiger partial charge in [0.15, 0.2) is 6.73 Å². The van der Waals surface area contributed by atoms with Crippen LogP contribution in [0.15, 0.2) is 11.5 Å². The van der Waals surface area contributed by atoms with Crippen molar-refractivity contribution in [1.82, 2.24) is 4.90 Å². The minimum Gasteiger partial charge on any atom is -0.476 e. The maximum Gasteiger partial charge on any atom is 0.160 e. The highest BCUT2D eigenvalue weighted by molar-refractivity contribution is 5.04. The fourth-order valence-electron chi connectivity index (χ4n) is 0.664. The van der Waals surface area contributed by atoms with E-state index in [4.69, 9.17) is 4.74 Å². The van der Waals surface area contributed by atoms with Gasteiger partial charge in [-0.2, -0.15) is 0 Å². The second kappa shape index (κ2) is 4.20. The standard InChI is InChI=1S/C6H11NO.C2H6/c1-5-6(2)8-4-7(5)3;1-2/h4H2,1-3H3;1-2H3. The Balaban J connectivity index is 0.000000371. The molecule has 0 fully saturated rings. The Morgan fingerprint density at radius 3 is 1.90 bits per heavy atom. The molecule has 10 heavy (non-hydrogen) atoms. The van der Waals surface area contributed by atoms with Gasteiger partial charge in [-0.15, -0.1) is 0 Å². The predicted molar refractivity (Wildman–Crippen MR) is 43.4 cm³/mol. The molecule has 1 rings (SSSR count). The number of hydrogen-bond acceptors (Lipinski definition) is 2. The van der Waals surface area contributed by atoms with E-state index in [2.05, 4.69) is 11.8 Å². The van der Waals surface area contributed by atoms with Crippen LogP contribution in [0.1, 0.15) is 27.7 Å². The van der Waals surface area contributed by atoms with Crippen LogP contribution in [0.5, 0.6) is 0 Å². The third-order valence-corrected chi connectivity index (χ3v) is 1.56. The van der Waals surface area contributed by atoms with Crippen LogP contribution >= 0.6 is 0 Å². The number of allylic oxidation sites excluding steroid dienone is 2. The molecular formula is C8H17NO. The van der Waals surface area contributed by atoms with Crippen molar-refractivity contribution < 1.29 is 4.74 Å². The molecular weight excluding hydrogens is 126 g/mol. The summed E-state index contributed by atoms with van der Waals surface area (Å²) in [6.45, 7) is 8.76. The number of nitrogens with zero attached hydrogens (tertiary/aromatic N) is 1. The summed E-state index contributed by atoms with van der Waals surface area (Å²) in [7, 11) is 2.02. The molecule has 0 aliphatic carbocycles. The van der Waals surface area contributed by atoms with Gasteiger partial charge < -0.3 is 9.64 Å². The molecule has 1 aliphatic heterocycles. The molecule has 0 atom stereocenters. The highest BCUT2D eigenvalue weighted by Crippen LogP contribution is 2.15. The third-order valence-electron chi connectivity index (χ3n) is 1.56. The van der Waals surface area contributed by atoms with Crippen molar-refractivity contribution in [3.8, 4) is 0 Å². The van der Waals surface area contributed by atoms with Crippen LogP contribution in [0, 0.1) is 0 Å². The van der Waals surface area contributed by atoms with Gasteiger partial charge >= 0.3 is 0 Å². The van der Waals surface area contributed by atoms with Crippen molar-refractivity contribution in [2.45, 2.75) is 27.7 Å². The molecule has 0 amide bonds. The topological polar surface area (TPSA) is 12.5 Å². The van der Waals surface area contributed by atoms with Crippen molar-refractivity contribution in [2.75, 3.05) is 13.8 Å².